The summed E-state index contributed by atoms with van der Waals surface area (Å²) in [6.45, 7) is 5.76. The molecule has 7 heteroatoms. The third-order valence-electron chi connectivity index (χ3n) is 5.34. The van der Waals surface area contributed by atoms with Crippen molar-refractivity contribution in [1.82, 2.24) is 9.21 Å². The molecule has 0 saturated carbocycles. The SMILES string of the molecule is CCCc1ccc(S(=O)(=O)N2CCN([C@@H](C)C(=O)Nc3ccccc3)CC2)cc1. The molecule has 0 aromatic heterocycles. The van der Waals surface area contributed by atoms with Crippen LogP contribution in [-0.4, -0.2) is 55.8 Å². The number of aryl methyl sites for hydroxylation is 1. The molecular formula is C22H29N3O3S. The first-order valence-corrected chi connectivity index (χ1v) is 11.5. The molecule has 0 aliphatic carbocycles. The summed E-state index contributed by atoms with van der Waals surface area (Å²) in [4.78, 5) is 14.9. The van der Waals surface area contributed by atoms with E-state index in [-0.39, 0.29) is 11.9 Å². The number of hydrogen-bond acceptors (Lipinski definition) is 4. The highest BCUT2D eigenvalue weighted by molar-refractivity contribution is 7.89. The molecule has 0 unspecified atom stereocenters. The Kier molecular flexibility index (Phi) is 7.05. The number of hydrogen-bond donors (Lipinski definition) is 1. The molecule has 1 atom stereocenters. The minimum absolute atomic E-state index is 0.0842. The van der Waals surface area contributed by atoms with E-state index in [1.165, 1.54) is 4.31 Å². The Morgan fingerprint density at radius 1 is 1.00 bits per heavy atom. The number of rotatable bonds is 7. The highest BCUT2D eigenvalue weighted by atomic mass is 32.2. The first-order chi connectivity index (χ1) is 13.9. The number of carbonyl (C=O) groups is 1. The average molecular weight is 416 g/mol. The summed E-state index contributed by atoms with van der Waals surface area (Å²) < 4.78 is 27.4. The molecule has 6 nitrogen and oxygen atoms in total. The number of anilines is 1. The summed E-state index contributed by atoms with van der Waals surface area (Å²) in [5.74, 6) is -0.0842. The van der Waals surface area contributed by atoms with Gasteiger partial charge in [-0.25, -0.2) is 8.42 Å². The summed E-state index contributed by atoms with van der Waals surface area (Å²) in [5.41, 5.74) is 1.91. The van der Waals surface area contributed by atoms with E-state index in [2.05, 4.69) is 12.2 Å². The van der Waals surface area contributed by atoms with E-state index in [9.17, 15) is 13.2 Å². The minimum Gasteiger partial charge on any atom is -0.325 e. The van der Waals surface area contributed by atoms with Crippen LogP contribution in [0.15, 0.2) is 59.5 Å². The summed E-state index contributed by atoms with van der Waals surface area (Å²) >= 11 is 0. The zero-order valence-corrected chi connectivity index (χ0v) is 17.9. The first-order valence-electron chi connectivity index (χ1n) is 10.1. The van der Waals surface area contributed by atoms with Gasteiger partial charge in [0, 0.05) is 31.9 Å². The number of para-hydroxylation sites is 1. The fourth-order valence-electron chi connectivity index (χ4n) is 3.53. The van der Waals surface area contributed by atoms with Crippen molar-refractivity contribution in [2.24, 2.45) is 0 Å². The number of benzene rings is 2. The summed E-state index contributed by atoms with van der Waals surface area (Å²) in [7, 11) is -3.51. The lowest BCUT2D eigenvalue weighted by molar-refractivity contribution is -0.121. The molecule has 1 amide bonds. The molecule has 2 aromatic carbocycles. The van der Waals surface area contributed by atoms with Gasteiger partial charge in [0.15, 0.2) is 0 Å². The molecule has 1 N–H and O–H groups in total. The van der Waals surface area contributed by atoms with Crippen LogP contribution in [0.2, 0.25) is 0 Å². The van der Waals surface area contributed by atoms with Crippen LogP contribution in [0.3, 0.4) is 0 Å². The fourth-order valence-corrected chi connectivity index (χ4v) is 4.95. The zero-order chi connectivity index (χ0) is 20.9. The van der Waals surface area contributed by atoms with Crippen LogP contribution in [0.5, 0.6) is 0 Å². The second kappa shape index (κ2) is 9.52. The summed E-state index contributed by atoms with van der Waals surface area (Å²) in [6, 6.07) is 16.2. The van der Waals surface area contributed by atoms with E-state index in [0.717, 1.165) is 24.1 Å². The van der Waals surface area contributed by atoms with E-state index in [0.29, 0.717) is 31.1 Å². The van der Waals surface area contributed by atoms with Gasteiger partial charge in [-0.2, -0.15) is 4.31 Å². The van der Waals surface area contributed by atoms with Gasteiger partial charge in [0.1, 0.15) is 0 Å². The number of carbonyl (C=O) groups excluding carboxylic acids is 1. The quantitative estimate of drug-likeness (QED) is 0.755. The molecule has 29 heavy (non-hydrogen) atoms. The Labute approximate surface area is 173 Å². The van der Waals surface area contributed by atoms with Gasteiger partial charge in [0.25, 0.3) is 0 Å². The molecule has 0 bridgehead atoms. The van der Waals surface area contributed by atoms with Crippen LogP contribution in [0, 0.1) is 0 Å². The van der Waals surface area contributed by atoms with Gasteiger partial charge in [0.05, 0.1) is 10.9 Å². The Balaban J connectivity index is 1.58. The van der Waals surface area contributed by atoms with E-state index in [4.69, 9.17) is 0 Å². The van der Waals surface area contributed by atoms with Crippen LogP contribution in [-0.2, 0) is 21.2 Å². The second-order valence-electron chi connectivity index (χ2n) is 7.37. The van der Waals surface area contributed by atoms with E-state index < -0.39 is 10.0 Å². The molecule has 2 aromatic rings. The van der Waals surface area contributed by atoms with Gasteiger partial charge in [-0.05, 0) is 43.2 Å². The van der Waals surface area contributed by atoms with Crippen molar-refractivity contribution in [2.45, 2.75) is 37.6 Å². The van der Waals surface area contributed by atoms with Crippen molar-refractivity contribution < 1.29 is 13.2 Å². The average Bonchev–Trinajstić information content (AvgIpc) is 2.74. The Hall–Kier alpha value is -2.22. The third-order valence-corrected chi connectivity index (χ3v) is 7.25. The number of nitrogens with zero attached hydrogens (tertiary/aromatic N) is 2. The second-order valence-corrected chi connectivity index (χ2v) is 9.30. The van der Waals surface area contributed by atoms with Gasteiger partial charge >= 0.3 is 0 Å². The van der Waals surface area contributed by atoms with Crippen molar-refractivity contribution >= 4 is 21.6 Å². The van der Waals surface area contributed by atoms with Crippen molar-refractivity contribution in [3.8, 4) is 0 Å². The van der Waals surface area contributed by atoms with E-state index in [1.54, 1.807) is 12.1 Å². The van der Waals surface area contributed by atoms with Gasteiger partial charge < -0.3 is 5.32 Å². The van der Waals surface area contributed by atoms with Gasteiger partial charge in [-0.3, -0.25) is 9.69 Å². The normalized spacial score (nSPS) is 17.0. The van der Waals surface area contributed by atoms with Gasteiger partial charge in [-0.1, -0.05) is 43.7 Å². The maximum Gasteiger partial charge on any atom is 0.243 e. The fraction of sp³-hybridized carbons (Fsp3) is 0.409. The first kappa shape index (κ1) is 21.5. The predicted octanol–water partition coefficient (Wildman–Crippen LogP) is 2.97. The molecule has 1 heterocycles. The zero-order valence-electron chi connectivity index (χ0n) is 17.0. The monoisotopic (exact) mass is 415 g/mol. The maximum absolute atomic E-state index is 12.9. The van der Waals surface area contributed by atoms with Crippen LogP contribution < -0.4 is 5.32 Å². The standard InChI is InChI=1S/C22H29N3O3S/c1-3-7-19-10-12-21(13-11-19)29(27,28)25-16-14-24(15-17-25)18(2)22(26)23-20-8-5-4-6-9-20/h4-6,8-13,18H,3,7,14-17H2,1-2H3,(H,23,26)/t18-/m0/s1. The van der Waals surface area contributed by atoms with E-state index in [1.807, 2.05) is 54.3 Å². The largest absolute Gasteiger partial charge is 0.325 e. The summed E-state index contributed by atoms with van der Waals surface area (Å²) in [5, 5.41) is 2.91. The summed E-state index contributed by atoms with van der Waals surface area (Å²) in [6.07, 6.45) is 1.98. The molecule has 1 aliphatic heterocycles. The van der Waals surface area contributed by atoms with Crippen molar-refractivity contribution in [3.63, 3.8) is 0 Å². The van der Waals surface area contributed by atoms with Crippen LogP contribution in [0.1, 0.15) is 25.8 Å². The molecule has 1 aliphatic rings. The number of amides is 1. The molecule has 3 rings (SSSR count). The van der Waals surface area contributed by atoms with Crippen molar-refractivity contribution in [3.05, 3.63) is 60.2 Å². The lowest BCUT2D eigenvalue weighted by Crippen LogP contribution is -2.53. The number of piperazine rings is 1. The highest BCUT2D eigenvalue weighted by Gasteiger charge is 2.31. The lowest BCUT2D eigenvalue weighted by Gasteiger charge is -2.36. The van der Waals surface area contributed by atoms with Gasteiger partial charge in [-0.15, -0.1) is 0 Å². The predicted molar refractivity (Wildman–Crippen MR) is 115 cm³/mol. The van der Waals surface area contributed by atoms with Crippen LogP contribution >= 0.6 is 0 Å². The maximum atomic E-state index is 12.9. The number of nitrogens with one attached hydrogen (secondary N) is 1. The van der Waals surface area contributed by atoms with Gasteiger partial charge in [0.2, 0.25) is 15.9 Å². The lowest BCUT2D eigenvalue weighted by atomic mass is 10.1. The van der Waals surface area contributed by atoms with Crippen LogP contribution in [0.25, 0.3) is 0 Å². The Bertz CT molecular complexity index is 906. The molecule has 1 saturated heterocycles. The van der Waals surface area contributed by atoms with Crippen LogP contribution in [0.4, 0.5) is 5.69 Å². The molecular weight excluding hydrogens is 386 g/mol. The third kappa shape index (κ3) is 5.23. The highest BCUT2D eigenvalue weighted by Crippen LogP contribution is 2.20. The smallest absolute Gasteiger partial charge is 0.243 e. The Morgan fingerprint density at radius 3 is 2.21 bits per heavy atom. The molecule has 0 spiro atoms. The van der Waals surface area contributed by atoms with Crippen molar-refractivity contribution in [1.29, 1.82) is 0 Å². The van der Waals surface area contributed by atoms with E-state index >= 15 is 0 Å². The molecule has 156 valence electrons. The Morgan fingerprint density at radius 2 is 1.62 bits per heavy atom. The van der Waals surface area contributed by atoms with Crippen molar-refractivity contribution in [2.75, 3.05) is 31.5 Å². The number of sulfonamides is 1. The molecule has 1 fully saturated rings. The molecule has 0 radical (unpaired) electrons. The minimum atomic E-state index is -3.51. The topological polar surface area (TPSA) is 69.7 Å².